The van der Waals surface area contributed by atoms with Gasteiger partial charge in [0.1, 0.15) is 6.04 Å². The van der Waals surface area contributed by atoms with E-state index in [-0.39, 0.29) is 18.0 Å². The van der Waals surface area contributed by atoms with Crippen LogP contribution in [0.2, 0.25) is 0 Å². The van der Waals surface area contributed by atoms with Gasteiger partial charge >= 0.3 is 5.97 Å². The Hall–Kier alpha value is -1.30. The van der Waals surface area contributed by atoms with E-state index in [0.717, 1.165) is 13.0 Å². The summed E-state index contributed by atoms with van der Waals surface area (Å²) in [6.45, 7) is 3.25. The highest BCUT2D eigenvalue weighted by Crippen LogP contribution is 1.98. The molecule has 0 heterocycles. The smallest absolute Gasteiger partial charge is 0.322 e. The lowest BCUT2D eigenvalue weighted by atomic mass is 10.1. The summed E-state index contributed by atoms with van der Waals surface area (Å²) >= 11 is 0. The third kappa shape index (κ3) is 6.73. The summed E-state index contributed by atoms with van der Waals surface area (Å²) in [4.78, 5) is 11.3. The molecule has 0 aliphatic heterocycles. The first-order valence-corrected chi connectivity index (χ1v) is 5.00. The molecule has 0 aromatic rings. The number of esters is 1. The van der Waals surface area contributed by atoms with Crippen LogP contribution in [0.15, 0.2) is 0 Å². The Balaban J connectivity index is 3.75. The maximum absolute atomic E-state index is 11.3. The molecule has 6 heteroatoms. The van der Waals surface area contributed by atoms with Crippen molar-refractivity contribution >= 4 is 11.9 Å². The van der Waals surface area contributed by atoms with Gasteiger partial charge in [0.2, 0.25) is 0 Å². The van der Waals surface area contributed by atoms with E-state index in [1.165, 1.54) is 7.11 Å². The van der Waals surface area contributed by atoms with Crippen LogP contribution in [0, 0.1) is 5.41 Å². The Morgan fingerprint density at radius 3 is 2.73 bits per heavy atom. The van der Waals surface area contributed by atoms with E-state index in [1.54, 1.807) is 0 Å². The maximum atomic E-state index is 11.3. The van der Waals surface area contributed by atoms with Crippen molar-refractivity contribution in [2.24, 2.45) is 5.73 Å². The third-order valence-electron chi connectivity index (χ3n) is 1.92. The van der Waals surface area contributed by atoms with Crippen LogP contribution in [0.1, 0.15) is 19.8 Å². The number of nitrogens with one attached hydrogen (secondary N) is 3. The summed E-state index contributed by atoms with van der Waals surface area (Å²) in [5, 5.41) is 12.7. The zero-order valence-corrected chi connectivity index (χ0v) is 9.30. The van der Waals surface area contributed by atoms with Crippen molar-refractivity contribution in [1.82, 2.24) is 10.6 Å². The first-order chi connectivity index (χ1) is 7.11. The topological polar surface area (TPSA) is 100 Å². The van der Waals surface area contributed by atoms with Crippen LogP contribution in [0.25, 0.3) is 0 Å². The number of rotatable bonds is 7. The van der Waals surface area contributed by atoms with E-state index in [4.69, 9.17) is 11.1 Å². The Morgan fingerprint density at radius 1 is 1.60 bits per heavy atom. The summed E-state index contributed by atoms with van der Waals surface area (Å²) in [6.07, 6.45) is 1.42. The van der Waals surface area contributed by atoms with Crippen LogP contribution in [0.5, 0.6) is 0 Å². The number of carbonyl (C=O) groups is 1. The monoisotopic (exact) mass is 216 g/mol. The van der Waals surface area contributed by atoms with E-state index in [2.05, 4.69) is 15.4 Å². The van der Waals surface area contributed by atoms with Crippen molar-refractivity contribution in [3.05, 3.63) is 0 Å². The summed E-state index contributed by atoms with van der Waals surface area (Å²) < 4.78 is 4.65. The molecule has 0 aliphatic carbocycles. The quantitative estimate of drug-likeness (QED) is 0.197. The largest absolute Gasteiger partial charge is 0.468 e. The molecular formula is C9H20N4O2. The summed E-state index contributed by atoms with van der Waals surface area (Å²) in [6, 6.07) is -0.270. The molecule has 0 saturated heterocycles. The van der Waals surface area contributed by atoms with Gasteiger partial charge in [-0.05, 0) is 19.4 Å². The maximum Gasteiger partial charge on any atom is 0.322 e. The molecule has 6 nitrogen and oxygen atoms in total. The number of carbonyl (C=O) groups excluding carboxylic acids is 1. The molecule has 0 bridgehead atoms. The molecule has 0 saturated carbocycles. The van der Waals surface area contributed by atoms with E-state index in [1.807, 2.05) is 6.92 Å². The first kappa shape index (κ1) is 13.7. The zero-order valence-electron chi connectivity index (χ0n) is 9.30. The number of likely N-dealkylation sites (N-methyl/N-ethyl adjacent to an activating group) is 1. The number of ether oxygens (including phenoxy) is 1. The van der Waals surface area contributed by atoms with Gasteiger partial charge in [-0.1, -0.05) is 6.92 Å². The second-order valence-electron chi connectivity index (χ2n) is 3.12. The number of nitrogens with two attached hydrogens (primary N) is 1. The molecule has 5 N–H and O–H groups in total. The standard InChI is InChI=1S/C9H20N4O2/c1-3-12-7(8(14)15-2)5-4-6-13-9(10)11/h7,12H,3-6H2,1-2H3,(H4,10,11,13)/t7-/m0/s1. The molecule has 0 fully saturated rings. The molecule has 1 atom stereocenters. The van der Waals surface area contributed by atoms with Crippen molar-refractivity contribution in [3.8, 4) is 0 Å². The van der Waals surface area contributed by atoms with Gasteiger partial charge in [0, 0.05) is 6.54 Å². The van der Waals surface area contributed by atoms with Crippen molar-refractivity contribution in [2.45, 2.75) is 25.8 Å². The van der Waals surface area contributed by atoms with Crippen LogP contribution in [-0.2, 0) is 9.53 Å². The number of hydrogen-bond donors (Lipinski definition) is 4. The zero-order chi connectivity index (χ0) is 11.7. The lowest BCUT2D eigenvalue weighted by molar-refractivity contribution is -0.143. The average Bonchev–Trinajstić information content (AvgIpc) is 2.21. The third-order valence-corrected chi connectivity index (χ3v) is 1.92. The van der Waals surface area contributed by atoms with Crippen LogP contribution < -0.4 is 16.4 Å². The fourth-order valence-electron chi connectivity index (χ4n) is 1.22. The van der Waals surface area contributed by atoms with E-state index < -0.39 is 0 Å². The van der Waals surface area contributed by atoms with E-state index in [0.29, 0.717) is 13.0 Å². The van der Waals surface area contributed by atoms with Crippen LogP contribution in [0.3, 0.4) is 0 Å². The van der Waals surface area contributed by atoms with Crippen molar-refractivity contribution < 1.29 is 9.53 Å². The lowest BCUT2D eigenvalue weighted by Gasteiger charge is -2.15. The number of methoxy groups -OCH3 is 1. The highest BCUT2D eigenvalue weighted by Gasteiger charge is 2.16. The number of guanidine groups is 1. The fraction of sp³-hybridized carbons (Fsp3) is 0.778. The van der Waals surface area contributed by atoms with Crippen LogP contribution in [-0.4, -0.2) is 38.2 Å². The number of hydrogen-bond acceptors (Lipinski definition) is 4. The van der Waals surface area contributed by atoms with Crippen molar-refractivity contribution in [2.75, 3.05) is 20.2 Å². The van der Waals surface area contributed by atoms with E-state index >= 15 is 0 Å². The molecule has 0 rings (SSSR count). The van der Waals surface area contributed by atoms with Gasteiger partial charge in [-0.15, -0.1) is 0 Å². The highest BCUT2D eigenvalue weighted by atomic mass is 16.5. The van der Waals surface area contributed by atoms with Crippen LogP contribution >= 0.6 is 0 Å². The Kier molecular flexibility index (Phi) is 7.35. The summed E-state index contributed by atoms with van der Waals surface area (Å²) in [7, 11) is 1.38. The van der Waals surface area contributed by atoms with Crippen molar-refractivity contribution in [1.29, 1.82) is 5.41 Å². The van der Waals surface area contributed by atoms with Gasteiger partial charge < -0.3 is 21.1 Å². The predicted octanol–water partition coefficient (Wildman–Crippen LogP) is -0.599. The van der Waals surface area contributed by atoms with Gasteiger partial charge in [0.15, 0.2) is 5.96 Å². The molecule has 0 amide bonds. The van der Waals surface area contributed by atoms with Gasteiger partial charge in [-0.25, -0.2) is 0 Å². The second kappa shape index (κ2) is 8.05. The van der Waals surface area contributed by atoms with Crippen molar-refractivity contribution in [3.63, 3.8) is 0 Å². The molecule has 15 heavy (non-hydrogen) atoms. The fourth-order valence-corrected chi connectivity index (χ4v) is 1.22. The van der Waals surface area contributed by atoms with Gasteiger partial charge in [0.25, 0.3) is 0 Å². The molecular weight excluding hydrogens is 196 g/mol. The van der Waals surface area contributed by atoms with Gasteiger partial charge in [-0.3, -0.25) is 10.2 Å². The Morgan fingerprint density at radius 2 is 2.27 bits per heavy atom. The molecule has 0 aliphatic rings. The van der Waals surface area contributed by atoms with E-state index in [9.17, 15) is 4.79 Å². The SMILES string of the molecule is CCN[C@@H](CCCNC(=N)N)C(=O)OC. The second-order valence-corrected chi connectivity index (χ2v) is 3.12. The predicted molar refractivity (Wildman–Crippen MR) is 58.6 cm³/mol. The minimum absolute atomic E-state index is 0.0481. The van der Waals surface area contributed by atoms with Gasteiger partial charge in [-0.2, -0.15) is 0 Å². The van der Waals surface area contributed by atoms with Crippen LogP contribution in [0.4, 0.5) is 0 Å². The Labute approximate surface area is 90.1 Å². The molecule has 0 spiro atoms. The molecule has 0 radical (unpaired) electrons. The lowest BCUT2D eigenvalue weighted by Crippen LogP contribution is -2.38. The molecule has 0 unspecified atom stereocenters. The van der Waals surface area contributed by atoms with Gasteiger partial charge in [0.05, 0.1) is 7.11 Å². The summed E-state index contributed by atoms with van der Waals surface area (Å²) in [5.41, 5.74) is 5.12. The summed E-state index contributed by atoms with van der Waals surface area (Å²) in [5.74, 6) is -0.298. The molecule has 0 aromatic carbocycles. The normalized spacial score (nSPS) is 11.9. The molecule has 88 valence electrons. The Bertz CT molecular complexity index is 208. The minimum Gasteiger partial charge on any atom is -0.468 e. The minimum atomic E-state index is -0.270. The molecule has 0 aromatic heterocycles. The average molecular weight is 216 g/mol. The highest BCUT2D eigenvalue weighted by molar-refractivity contribution is 5.75. The first-order valence-electron chi connectivity index (χ1n) is 5.00.